The molecule has 1 aliphatic heterocycles. The Balaban J connectivity index is 1.42. The van der Waals surface area contributed by atoms with Crippen molar-refractivity contribution in [3.8, 4) is 10.6 Å². The van der Waals surface area contributed by atoms with Crippen molar-refractivity contribution in [1.29, 1.82) is 0 Å². The number of nitrogens with one attached hydrogen (secondary N) is 1. The van der Waals surface area contributed by atoms with Crippen LogP contribution in [0.25, 0.3) is 10.6 Å². The first kappa shape index (κ1) is 22.5. The summed E-state index contributed by atoms with van der Waals surface area (Å²) in [5.41, 5.74) is 8.13. The number of aromatic nitrogens is 3. The summed E-state index contributed by atoms with van der Waals surface area (Å²) in [6, 6.07) is 11.5. The highest BCUT2D eigenvalue weighted by molar-refractivity contribution is 7.19. The number of benzene rings is 1. The fourth-order valence-corrected chi connectivity index (χ4v) is 6.18. The molecule has 0 bridgehead atoms. The van der Waals surface area contributed by atoms with Gasteiger partial charge in [-0.15, -0.1) is 0 Å². The molecule has 2 aromatic heterocycles. The quantitative estimate of drug-likeness (QED) is 0.571. The maximum atomic E-state index is 12.8. The Kier molecular flexibility index (Phi) is 6.03. The highest BCUT2D eigenvalue weighted by Crippen LogP contribution is 2.45. The number of thiazole rings is 1. The third kappa shape index (κ3) is 4.04. The summed E-state index contributed by atoms with van der Waals surface area (Å²) < 4.78 is 0. The Morgan fingerprint density at radius 2 is 1.88 bits per heavy atom. The highest BCUT2D eigenvalue weighted by atomic mass is 32.1. The molecule has 8 nitrogen and oxygen atoms in total. The van der Waals surface area contributed by atoms with E-state index in [0.717, 1.165) is 54.2 Å². The van der Waals surface area contributed by atoms with Gasteiger partial charge in [-0.1, -0.05) is 54.5 Å². The lowest BCUT2D eigenvalue weighted by molar-refractivity contribution is -0.121. The second kappa shape index (κ2) is 9.13. The van der Waals surface area contributed by atoms with Crippen LogP contribution in [0.1, 0.15) is 55.6 Å². The van der Waals surface area contributed by atoms with Crippen LogP contribution in [0.4, 0.5) is 9.93 Å². The highest BCUT2D eigenvalue weighted by Gasteiger charge is 2.40. The fraction of sp³-hybridized carbons (Fsp3) is 0.400. The molecule has 3 aromatic rings. The number of urea groups is 1. The second-order valence-corrected chi connectivity index (χ2v) is 10.0. The smallest absolute Gasteiger partial charge is 0.324 e. The van der Waals surface area contributed by atoms with E-state index in [-0.39, 0.29) is 11.4 Å². The maximum Gasteiger partial charge on any atom is 0.324 e. The lowest BCUT2D eigenvalue weighted by atomic mass is 9.78. The Labute approximate surface area is 202 Å². The number of amides is 3. The van der Waals surface area contributed by atoms with Gasteiger partial charge >= 0.3 is 6.03 Å². The van der Waals surface area contributed by atoms with Crippen molar-refractivity contribution >= 4 is 28.4 Å². The van der Waals surface area contributed by atoms with Crippen LogP contribution in [0, 0.1) is 6.92 Å². The molecule has 1 saturated heterocycles. The Bertz CT molecular complexity index is 1210. The lowest BCUT2D eigenvalue weighted by Gasteiger charge is -2.28. The monoisotopic (exact) mass is 476 g/mol. The molecule has 1 atom stereocenters. The number of hydrogen-bond acceptors (Lipinski definition) is 6. The van der Waals surface area contributed by atoms with Gasteiger partial charge in [-0.3, -0.25) is 10.1 Å². The molecule has 2 fully saturated rings. The van der Waals surface area contributed by atoms with E-state index in [1.54, 1.807) is 0 Å². The number of nitrogens with zero attached hydrogens (tertiary/aromatic N) is 4. The van der Waals surface area contributed by atoms with Crippen LogP contribution in [0.2, 0.25) is 0 Å². The Morgan fingerprint density at radius 3 is 2.62 bits per heavy atom. The number of carbonyl (C=O) groups is 2. The van der Waals surface area contributed by atoms with Crippen LogP contribution in [0.3, 0.4) is 0 Å². The zero-order chi connectivity index (χ0) is 23.7. The van der Waals surface area contributed by atoms with Gasteiger partial charge in [0.05, 0.1) is 21.7 Å². The molecule has 3 heterocycles. The predicted molar refractivity (Wildman–Crippen MR) is 132 cm³/mol. The van der Waals surface area contributed by atoms with Crippen LogP contribution in [0.5, 0.6) is 0 Å². The van der Waals surface area contributed by atoms with Crippen LogP contribution in [-0.4, -0.2) is 44.4 Å². The minimum Gasteiger partial charge on any atom is -0.368 e. The molecule has 5 rings (SSSR count). The van der Waals surface area contributed by atoms with E-state index in [1.165, 1.54) is 21.8 Å². The molecular weight excluding hydrogens is 448 g/mol. The topological polar surface area (TPSA) is 114 Å². The van der Waals surface area contributed by atoms with Crippen molar-refractivity contribution in [3.63, 3.8) is 0 Å². The Hall–Kier alpha value is -3.33. The fourth-order valence-electron chi connectivity index (χ4n) is 5.25. The molecule has 3 amide bonds. The minimum absolute atomic E-state index is 0.174. The molecule has 0 radical (unpaired) electrons. The third-order valence-electron chi connectivity index (χ3n) is 6.95. The van der Waals surface area contributed by atoms with Crippen LogP contribution < -0.4 is 11.1 Å². The van der Waals surface area contributed by atoms with E-state index < -0.39 is 11.9 Å². The molecule has 1 aliphatic carbocycles. The first-order chi connectivity index (χ1) is 16.5. The number of likely N-dealkylation sites (tertiary alicyclic amines) is 1. The van der Waals surface area contributed by atoms with Crippen molar-refractivity contribution in [2.75, 3.05) is 11.9 Å². The van der Waals surface area contributed by atoms with E-state index in [9.17, 15) is 9.59 Å². The second-order valence-electron chi connectivity index (χ2n) is 9.04. The zero-order valence-corrected chi connectivity index (χ0v) is 20.0. The molecule has 0 spiro atoms. The largest absolute Gasteiger partial charge is 0.368 e. The minimum atomic E-state index is -0.564. The van der Waals surface area contributed by atoms with Gasteiger partial charge in [0.2, 0.25) is 5.91 Å². The molecule has 34 heavy (non-hydrogen) atoms. The molecule has 1 unspecified atom stereocenters. The van der Waals surface area contributed by atoms with Crippen LogP contribution in [-0.2, 0) is 10.2 Å². The van der Waals surface area contributed by atoms with Crippen molar-refractivity contribution in [3.05, 3.63) is 59.7 Å². The summed E-state index contributed by atoms with van der Waals surface area (Å²) >= 11 is 1.38. The number of carbonyl (C=O) groups excluding carboxylic acids is 2. The standard InChI is InChI=1S/C25H28N6O2S/c1-16-20(34-23(28-16)30-24(33)31-15-7-10-19(31)21(26)32)18-11-14-27-22(29-18)25(12-5-6-13-25)17-8-3-2-4-9-17/h2-4,8-9,11,14,19H,5-7,10,12-13,15H2,1H3,(H2,26,32)(H,28,30,33). The Morgan fingerprint density at radius 1 is 1.12 bits per heavy atom. The van der Waals surface area contributed by atoms with E-state index in [1.807, 2.05) is 25.3 Å². The van der Waals surface area contributed by atoms with E-state index >= 15 is 0 Å². The number of aryl methyl sites for hydroxylation is 1. The average molecular weight is 477 g/mol. The molecule has 1 aromatic carbocycles. The summed E-state index contributed by atoms with van der Waals surface area (Å²) in [6.07, 6.45) is 7.54. The van der Waals surface area contributed by atoms with Gasteiger partial charge in [0.25, 0.3) is 0 Å². The first-order valence-corrected chi connectivity index (χ1v) is 12.5. The predicted octanol–water partition coefficient (Wildman–Crippen LogP) is 4.25. The van der Waals surface area contributed by atoms with Crippen LogP contribution >= 0.6 is 11.3 Å². The maximum absolute atomic E-state index is 12.8. The van der Waals surface area contributed by atoms with Crippen LogP contribution in [0.15, 0.2) is 42.6 Å². The van der Waals surface area contributed by atoms with E-state index in [2.05, 4.69) is 34.6 Å². The molecule has 3 N–H and O–H groups in total. The van der Waals surface area contributed by atoms with Crippen molar-refractivity contribution in [2.24, 2.45) is 5.73 Å². The van der Waals surface area contributed by atoms with Gasteiger partial charge in [0.1, 0.15) is 11.9 Å². The SMILES string of the molecule is Cc1nc(NC(=O)N2CCCC2C(N)=O)sc1-c1ccnc(C2(c3ccccc3)CCCC2)n1. The summed E-state index contributed by atoms with van der Waals surface area (Å²) in [5.74, 6) is 0.366. The zero-order valence-electron chi connectivity index (χ0n) is 19.2. The van der Waals surface area contributed by atoms with Gasteiger partial charge in [0.15, 0.2) is 5.13 Å². The molecule has 1 saturated carbocycles. The van der Waals surface area contributed by atoms with Gasteiger partial charge in [-0.25, -0.2) is 19.7 Å². The normalized spacial score (nSPS) is 19.3. The van der Waals surface area contributed by atoms with Crippen molar-refractivity contribution in [1.82, 2.24) is 19.9 Å². The van der Waals surface area contributed by atoms with E-state index in [0.29, 0.717) is 18.1 Å². The summed E-state index contributed by atoms with van der Waals surface area (Å²) in [5, 5.41) is 3.32. The number of primary amides is 1. The first-order valence-electron chi connectivity index (χ1n) is 11.7. The van der Waals surface area contributed by atoms with E-state index in [4.69, 9.17) is 15.7 Å². The molecule has 2 aliphatic rings. The van der Waals surface area contributed by atoms with Crippen molar-refractivity contribution < 1.29 is 9.59 Å². The van der Waals surface area contributed by atoms with Gasteiger partial charge in [-0.05, 0) is 44.2 Å². The summed E-state index contributed by atoms with van der Waals surface area (Å²) in [7, 11) is 0. The molecule has 176 valence electrons. The third-order valence-corrected chi connectivity index (χ3v) is 8.05. The van der Waals surface area contributed by atoms with Gasteiger partial charge in [0, 0.05) is 12.7 Å². The van der Waals surface area contributed by atoms with Crippen molar-refractivity contribution in [2.45, 2.75) is 56.9 Å². The average Bonchev–Trinajstić information content (AvgIpc) is 3.60. The molecule has 9 heteroatoms. The van der Waals surface area contributed by atoms with Gasteiger partial charge < -0.3 is 10.6 Å². The lowest BCUT2D eigenvalue weighted by Crippen LogP contribution is -2.45. The summed E-state index contributed by atoms with van der Waals surface area (Å²) in [6.45, 7) is 2.42. The number of hydrogen-bond donors (Lipinski definition) is 2. The number of anilines is 1. The summed E-state index contributed by atoms with van der Waals surface area (Å²) in [4.78, 5) is 41.1. The molecular formula is C25H28N6O2S. The number of nitrogens with two attached hydrogens (primary N) is 1. The number of rotatable bonds is 5. The van der Waals surface area contributed by atoms with Gasteiger partial charge in [-0.2, -0.15) is 0 Å².